The fraction of sp³-hybridized carbons (Fsp3) is 0.0500. The maximum atomic E-state index is 12.3. The third kappa shape index (κ3) is 5.30. The SMILES string of the molecule is O=C(Nc1ccc(I)cc1)c1ccc(NCS(=O)(=O)c2ccccc2)cc1. The van der Waals surface area contributed by atoms with E-state index in [0.717, 1.165) is 9.26 Å². The Morgan fingerprint density at radius 3 is 2.04 bits per heavy atom. The molecule has 0 unspecified atom stereocenters. The number of benzene rings is 3. The molecule has 0 fully saturated rings. The van der Waals surface area contributed by atoms with E-state index in [2.05, 4.69) is 33.2 Å². The minimum Gasteiger partial charge on any atom is -0.371 e. The van der Waals surface area contributed by atoms with Crippen LogP contribution in [-0.2, 0) is 9.84 Å². The summed E-state index contributed by atoms with van der Waals surface area (Å²) in [5, 5.41) is 5.71. The summed E-state index contributed by atoms with van der Waals surface area (Å²) in [7, 11) is -3.42. The van der Waals surface area contributed by atoms with Gasteiger partial charge >= 0.3 is 0 Å². The third-order valence-electron chi connectivity index (χ3n) is 3.82. The molecule has 0 saturated heterocycles. The van der Waals surface area contributed by atoms with Gasteiger partial charge in [-0.3, -0.25) is 4.79 Å². The number of carbonyl (C=O) groups excluding carboxylic acids is 1. The van der Waals surface area contributed by atoms with Crippen molar-refractivity contribution < 1.29 is 13.2 Å². The maximum absolute atomic E-state index is 12.3. The van der Waals surface area contributed by atoms with E-state index in [-0.39, 0.29) is 16.7 Å². The van der Waals surface area contributed by atoms with Crippen LogP contribution < -0.4 is 10.6 Å². The number of hydrogen-bond donors (Lipinski definition) is 2. The number of amides is 1. The number of nitrogens with one attached hydrogen (secondary N) is 2. The van der Waals surface area contributed by atoms with Crippen molar-refractivity contribution in [3.63, 3.8) is 0 Å². The van der Waals surface area contributed by atoms with Crippen LogP contribution in [-0.4, -0.2) is 20.2 Å². The van der Waals surface area contributed by atoms with E-state index in [9.17, 15) is 13.2 Å². The fourth-order valence-corrected chi connectivity index (χ4v) is 3.82. The highest BCUT2D eigenvalue weighted by Gasteiger charge is 2.13. The number of anilines is 2. The van der Waals surface area contributed by atoms with Crippen LogP contribution in [0.5, 0.6) is 0 Å². The molecule has 0 aliphatic rings. The molecule has 27 heavy (non-hydrogen) atoms. The summed E-state index contributed by atoms with van der Waals surface area (Å²) in [6.45, 7) is 0. The molecule has 0 saturated carbocycles. The highest BCUT2D eigenvalue weighted by atomic mass is 127. The molecule has 0 aliphatic carbocycles. The molecule has 0 atom stereocenters. The van der Waals surface area contributed by atoms with Gasteiger partial charge in [0.05, 0.1) is 4.90 Å². The molecule has 3 aromatic carbocycles. The molecule has 0 spiro atoms. The molecule has 0 heterocycles. The van der Waals surface area contributed by atoms with Gasteiger partial charge in [0.25, 0.3) is 5.91 Å². The molecular weight excluding hydrogens is 475 g/mol. The average Bonchev–Trinajstić information content (AvgIpc) is 2.69. The molecule has 3 rings (SSSR count). The van der Waals surface area contributed by atoms with Crippen LogP contribution in [0.1, 0.15) is 10.4 Å². The van der Waals surface area contributed by atoms with Crippen molar-refractivity contribution in [2.45, 2.75) is 4.90 Å². The lowest BCUT2D eigenvalue weighted by Gasteiger charge is -2.09. The zero-order valence-corrected chi connectivity index (χ0v) is 17.2. The van der Waals surface area contributed by atoms with Gasteiger partial charge in [-0.15, -0.1) is 0 Å². The number of sulfone groups is 1. The van der Waals surface area contributed by atoms with Crippen LogP contribution in [0.2, 0.25) is 0 Å². The molecule has 138 valence electrons. The minimum absolute atomic E-state index is 0.217. The smallest absolute Gasteiger partial charge is 0.255 e. The summed E-state index contributed by atoms with van der Waals surface area (Å²) in [5.74, 6) is -0.440. The molecule has 0 bridgehead atoms. The van der Waals surface area contributed by atoms with Crippen LogP contribution in [0, 0.1) is 3.57 Å². The normalized spacial score (nSPS) is 11.0. The van der Waals surface area contributed by atoms with Crippen molar-refractivity contribution in [1.82, 2.24) is 0 Å². The Labute approximate surface area is 171 Å². The van der Waals surface area contributed by atoms with E-state index in [4.69, 9.17) is 0 Å². The molecule has 3 aromatic rings. The van der Waals surface area contributed by atoms with Crippen LogP contribution in [0.3, 0.4) is 0 Å². The van der Waals surface area contributed by atoms with Crippen molar-refractivity contribution in [3.8, 4) is 0 Å². The Bertz CT molecular complexity index is 1020. The first-order valence-electron chi connectivity index (χ1n) is 8.13. The van der Waals surface area contributed by atoms with Crippen molar-refractivity contribution in [1.29, 1.82) is 0 Å². The van der Waals surface area contributed by atoms with Crippen molar-refractivity contribution in [3.05, 3.63) is 88.0 Å². The first kappa shape index (κ1) is 19.4. The summed E-state index contributed by atoms with van der Waals surface area (Å²) in [5.41, 5.74) is 1.84. The summed E-state index contributed by atoms with van der Waals surface area (Å²) in [4.78, 5) is 12.6. The Balaban J connectivity index is 1.61. The Morgan fingerprint density at radius 2 is 1.41 bits per heavy atom. The van der Waals surface area contributed by atoms with E-state index >= 15 is 0 Å². The van der Waals surface area contributed by atoms with Crippen molar-refractivity contribution >= 4 is 49.7 Å². The van der Waals surface area contributed by atoms with E-state index < -0.39 is 9.84 Å². The van der Waals surface area contributed by atoms with E-state index in [0.29, 0.717) is 11.3 Å². The standard InChI is InChI=1S/C20H17IN2O3S/c21-16-8-12-18(13-9-16)23-20(24)15-6-10-17(11-7-15)22-14-27(25,26)19-4-2-1-3-5-19/h1-13,22H,14H2,(H,23,24). The second-order valence-electron chi connectivity index (χ2n) is 5.79. The lowest BCUT2D eigenvalue weighted by atomic mass is 10.2. The lowest BCUT2D eigenvalue weighted by Crippen LogP contribution is -2.15. The summed E-state index contributed by atoms with van der Waals surface area (Å²) in [6.07, 6.45) is 0. The molecule has 7 heteroatoms. The predicted molar refractivity (Wildman–Crippen MR) is 116 cm³/mol. The Kier molecular flexibility index (Phi) is 6.12. The minimum atomic E-state index is -3.42. The van der Waals surface area contributed by atoms with Gasteiger partial charge in [-0.05, 0) is 83.3 Å². The van der Waals surface area contributed by atoms with Gasteiger partial charge in [0, 0.05) is 20.5 Å². The van der Waals surface area contributed by atoms with Gasteiger partial charge in [0.1, 0.15) is 5.88 Å². The van der Waals surface area contributed by atoms with Gasteiger partial charge in [-0.1, -0.05) is 18.2 Å². The van der Waals surface area contributed by atoms with Gasteiger partial charge in [0.2, 0.25) is 0 Å². The number of halogens is 1. The molecule has 0 radical (unpaired) electrons. The van der Waals surface area contributed by atoms with Crippen LogP contribution in [0.25, 0.3) is 0 Å². The van der Waals surface area contributed by atoms with Gasteiger partial charge in [-0.2, -0.15) is 0 Å². The van der Waals surface area contributed by atoms with Gasteiger partial charge in [-0.25, -0.2) is 8.42 Å². The van der Waals surface area contributed by atoms with E-state index in [1.54, 1.807) is 54.6 Å². The largest absolute Gasteiger partial charge is 0.371 e. The Hall–Kier alpha value is -2.39. The predicted octanol–water partition coefficient (Wildman–Crippen LogP) is 4.39. The molecule has 0 aliphatic heterocycles. The third-order valence-corrected chi connectivity index (χ3v) is 6.05. The van der Waals surface area contributed by atoms with Crippen molar-refractivity contribution in [2.75, 3.05) is 16.5 Å². The van der Waals surface area contributed by atoms with Crippen LogP contribution in [0.15, 0.2) is 83.8 Å². The molecule has 5 nitrogen and oxygen atoms in total. The number of carbonyl (C=O) groups is 1. The summed E-state index contributed by atoms with van der Waals surface area (Å²) < 4.78 is 25.7. The van der Waals surface area contributed by atoms with Crippen LogP contribution >= 0.6 is 22.6 Å². The number of rotatable bonds is 6. The van der Waals surface area contributed by atoms with E-state index in [1.165, 1.54) is 0 Å². The average molecular weight is 492 g/mol. The quantitative estimate of drug-likeness (QED) is 0.501. The molecule has 2 N–H and O–H groups in total. The van der Waals surface area contributed by atoms with Crippen LogP contribution in [0.4, 0.5) is 11.4 Å². The number of hydrogen-bond acceptors (Lipinski definition) is 4. The van der Waals surface area contributed by atoms with Gasteiger partial charge in [0.15, 0.2) is 9.84 Å². The molecule has 1 amide bonds. The summed E-state index contributed by atoms with van der Waals surface area (Å²) in [6, 6.07) is 22.4. The Morgan fingerprint density at radius 1 is 0.815 bits per heavy atom. The lowest BCUT2D eigenvalue weighted by molar-refractivity contribution is 0.102. The fourth-order valence-electron chi connectivity index (χ4n) is 2.37. The zero-order chi connectivity index (χ0) is 19.3. The zero-order valence-electron chi connectivity index (χ0n) is 14.2. The first-order chi connectivity index (χ1) is 12.9. The first-order valence-corrected chi connectivity index (χ1v) is 10.9. The monoisotopic (exact) mass is 492 g/mol. The molecule has 0 aromatic heterocycles. The second-order valence-corrected chi connectivity index (χ2v) is 9.02. The second kappa shape index (κ2) is 8.53. The topological polar surface area (TPSA) is 75.3 Å². The van der Waals surface area contributed by atoms with Gasteiger partial charge < -0.3 is 10.6 Å². The van der Waals surface area contributed by atoms with Crippen molar-refractivity contribution in [2.24, 2.45) is 0 Å². The highest BCUT2D eigenvalue weighted by molar-refractivity contribution is 14.1. The summed E-state index contributed by atoms with van der Waals surface area (Å²) >= 11 is 2.20. The molecular formula is C20H17IN2O3S. The maximum Gasteiger partial charge on any atom is 0.255 e. The highest BCUT2D eigenvalue weighted by Crippen LogP contribution is 2.16. The van der Waals surface area contributed by atoms with E-state index in [1.807, 2.05) is 24.3 Å².